The van der Waals surface area contributed by atoms with E-state index in [-0.39, 0.29) is 25.2 Å². The topological polar surface area (TPSA) is 612 Å². The summed E-state index contributed by atoms with van der Waals surface area (Å²) < 4.78 is 84.5. The SMILES string of the molecule is C=C1C[C@@]23CC[C@H]4[C@@](C)(CCC[C@@]4(C)C(=O)O[C@@H]4O[C@H](CO)[C@@H](O)[C@H](O[C@@H]5O[C@H](CO)[C@@H](O)[C@H](O[C@@H]6O[C@H](CO)[C@@H](O)[C@H](O)[C@H]6O)[C@H]5O)[C@H]4OC4O[C@H](CO)[C@@H](O)[C@H](O)[C@H]4O)[C@@H]2CC[C@]1(O[C@@H]1O[C@H](CO)[C@@H](O[C@@H]2O[C@H](CO)[C@@H](O)[C@H](O)[C@H]2O)[C@H](O)[C@H]1O[C@@H]1O[C@H](CO)[C@@H](O)[C@H](O)[C@H]1O)C3. The number of fused-ring (bicyclic) bond motifs is 3. The van der Waals surface area contributed by atoms with E-state index >= 15 is 4.79 Å². The molecule has 38 nitrogen and oxygen atoms in total. The Balaban J connectivity index is 0.853. The Labute approximate surface area is 571 Å². The van der Waals surface area contributed by atoms with Crippen molar-refractivity contribution in [2.45, 2.75) is 292 Å². The van der Waals surface area contributed by atoms with Crippen LogP contribution in [0.5, 0.6) is 0 Å². The van der Waals surface area contributed by atoms with Crippen LogP contribution >= 0.6 is 0 Å². The lowest BCUT2D eigenvalue weighted by molar-refractivity contribution is -0.397. The van der Waals surface area contributed by atoms with Gasteiger partial charge in [-0.15, -0.1) is 0 Å². The van der Waals surface area contributed by atoms with Crippen LogP contribution in [0.3, 0.4) is 0 Å². The first-order chi connectivity index (χ1) is 47.3. The average molecular weight is 1450 g/mol. The predicted molar refractivity (Wildman–Crippen MR) is 317 cm³/mol. The van der Waals surface area contributed by atoms with E-state index in [1.807, 2.05) is 0 Å². The third-order valence-corrected chi connectivity index (χ3v) is 23.4. The molecule has 2 bridgehead atoms. The maximum absolute atomic E-state index is 15.6. The zero-order chi connectivity index (χ0) is 72.7. The summed E-state index contributed by atoms with van der Waals surface area (Å²) in [5, 5.41) is 249. The van der Waals surface area contributed by atoms with Gasteiger partial charge >= 0.3 is 5.97 Å². The Morgan fingerprint density at radius 3 is 1.21 bits per heavy atom. The predicted octanol–water partition coefficient (Wildman–Crippen LogP) is -11.6. The van der Waals surface area contributed by atoms with Crippen molar-refractivity contribution in [1.29, 1.82) is 0 Å². The highest BCUT2D eigenvalue weighted by atomic mass is 16.8. The lowest BCUT2D eigenvalue weighted by Gasteiger charge is -2.64. The van der Waals surface area contributed by atoms with E-state index in [4.69, 9.17) is 66.3 Å². The summed E-state index contributed by atoms with van der Waals surface area (Å²) in [7, 11) is 0. The zero-order valence-corrected chi connectivity index (χ0v) is 54.8. The number of rotatable bonds is 21. The van der Waals surface area contributed by atoms with Gasteiger partial charge in [-0.25, -0.2) is 0 Å². The number of aliphatic hydroxyl groups is 23. The molecule has 11 rings (SSSR count). The van der Waals surface area contributed by atoms with Crippen molar-refractivity contribution >= 4 is 5.97 Å². The first-order valence-electron chi connectivity index (χ1n) is 33.9. The van der Waals surface area contributed by atoms with E-state index in [1.165, 1.54) is 0 Å². The van der Waals surface area contributed by atoms with Crippen LogP contribution in [0.4, 0.5) is 0 Å². The number of ether oxygens (including phenoxy) is 14. The van der Waals surface area contributed by atoms with Crippen LogP contribution in [0.2, 0.25) is 0 Å². The fraction of sp³-hybridized carbons (Fsp3) is 0.952. The van der Waals surface area contributed by atoms with Gasteiger partial charge in [0.2, 0.25) is 6.29 Å². The molecule has 0 aromatic carbocycles. The highest BCUT2D eigenvalue weighted by molar-refractivity contribution is 5.77. The Kier molecular flexibility index (Phi) is 24.6. The molecule has 576 valence electrons. The second-order valence-electron chi connectivity index (χ2n) is 29.2. The van der Waals surface area contributed by atoms with Gasteiger partial charge in [-0.2, -0.15) is 0 Å². The summed E-state index contributed by atoms with van der Waals surface area (Å²) in [6.07, 6.45) is -63.4. The minimum Gasteiger partial charge on any atom is -0.432 e. The van der Waals surface area contributed by atoms with E-state index in [9.17, 15) is 117 Å². The Bertz CT molecular complexity index is 2720. The fourth-order valence-corrected chi connectivity index (χ4v) is 17.9. The molecule has 4 aliphatic carbocycles. The fourth-order valence-electron chi connectivity index (χ4n) is 17.9. The van der Waals surface area contributed by atoms with Crippen molar-refractivity contribution in [2.75, 3.05) is 46.2 Å². The van der Waals surface area contributed by atoms with Gasteiger partial charge in [0, 0.05) is 0 Å². The highest BCUT2D eigenvalue weighted by Gasteiger charge is 2.70. The quantitative estimate of drug-likeness (QED) is 0.0288. The Morgan fingerprint density at radius 1 is 0.380 bits per heavy atom. The summed E-state index contributed by atoms with van der Waals surface area (Å²) in [6.45, 7) is 1.77. The largest absolute Gasteiger partial charge is 0.432 e. The van der Waals surface area contributed by atoms with Crippen LogP contribution < -0.4 is 0 Å². The van der Waals surface area contributed by atoms with Gasteiger partial charge in [0.15, 0.2) is 43.8 Å². The molecule has 7 saturated heterocycles. The average Bonchev–Trinajstić information content (AvgIpc) is 1.45. The summed E-state index contributed by atoms with van der Waals surface area (Å²) in [4.78, 5) is 15.6. The van der Waals surface area contributed by atoms with Crippen LogP contribution in [-0.4, -0.2) is 390 Å². The van der Waals surface area contributed by atoms with Crippen LogP contribution in [0, 0.1) is 28.1 Å². The van der Waals surface area contributed by atoms with E-state index in [0.29, 0.717) is 44.1 Å². The number of carbonyl (C=O) groups is 1. The van der Waals surface area contributed by atoms with Crippen molar-refractivity contribution < 1.29 is 189 Å². The van der Waals surface area contributed by atoms with Crippen molar-refractivity contribution in [3.05, 3.63) is 12.2 Å². The van der Waals surface area contributed by atoms with E-state index < -0.39 is 295 Å². The van der Waals surface area contributed by atoms with E-state index in [0.717, 1.165) is 0 Å². The molecule has 41 atom stereocenters. The molecule has 100 heavy (non-hydrogen) atoms. The van der Waals surface area contributed by atoms with Crippen molar-refractivity contribution in [3.8, 4) is 0 Å². The second kappa shape index (κ2) is 31.2. The van der Waals surface area contributed by atoms with Gasteiger partial charge in [0.05, 0.1) is 57.3 Å². The van der Waals surface area contributed by atoms with E-state index in [2.05, 4.69) is 13.5 Å². The van der Waals surface area contributed by atoms with Crippen molar-refractivity contribution in [2.24, 2.45) is 28.1 Å². The van der Waals surface area contributed by atoms with Gasteiger partial charge < -0.3 is 184 Å². The Morgan fingerprint density at radius 2 is 0.750 bits per heavy atom. The normalized spacial score (nSPS) is 54.5. The maximum atomic E-state index is 15.6. The molecule has 7 heterocycles. The summed E-state index contributed by atoms with van der Waals surface area (Å²) in [5.41, 5.74) is -3.43. The number of hydrogen-bond donors (Lipinski definition) is 23. The van der Waals surface area contributed by atoms with Gasteiger partial charge in [-0.1, -0.05) is 19.9 Å². The molecule has 1 unspecified atom stereocenters. The second-order valence-corrected chi connectivity index (χ2v) is 29.2. The lowest BCUT2D eigenvalue weighted by atomic mass is 9.41. The molecule has 1 spiro atoms. The summed E-state index contributed by atoms with van der Waals surface area (Å²) in [5.74, 6) is -1.59. The standard InChI is InChI=1S/C62H100O38/c1-20-11-61-9-5-28-59(2,29(61)6-10-62(20,19-61)100-57-49(97-53-42(82)38(78)32(72)23(14-65)89-53)44(84)46(27(18-69)93-57)94-51-40(80)36(76)30(70)21(12-63)87-51)7-4-8-60(28,3)58(86)99-56-50(98-54-43(83)39(79)33(73)24(15-66)90-54)48(35(75)26(17-68)92-56)96-55-45(85)47(34(74)25(16-67)91-55)95-52-41(81)37(77)31(71)22(13-64)88-52/h21-57,63-85H,1,4-19H2,2-3H3/t21-,22-,23-,24-,25-,26-,27-,28+,29+,30-,31-,32-,33-,34-,35-,36+,37+,38+,39+,40-,41-,42-,43-,44+,45-,46-,47+,48+,49-,50-,51+,52+,53+,54?,55+,56+,57+,59-,60-,61-,62+/m1/s1. The third-order valence-electron chi connectivity index (χ3n) is 23.4. The van der Waals surface area contributed by atoms with Crippen LogP contribution in [0.15, 0.2) is 12.2 Å². The van der Waals surface area contributed by atoms with E-state index in [1.54, 1.807) is 6.92 Å². The third kappa shape index (κ3) is 14.0. The minimum atomic E-state index is -2.24. The van der Waals surface area contributed by atoms with Crippen LogP contribution in [-0.2, 0) is 71.1 Å². The van der Waals surface area contributed by atoms with Crippen LogP contribution in [0.1, 0.15) is 71.6 Å². The van der Waals surface area contributed by atoms with Gasteiger partial charge in [-0.3, -0.25) is 4.79 Å². The molecule has 0 radical (unpaired) electrons. The number of esters is 1. The van der Waals surface area contributed by atoms with Crippen molar-refractivity contribution in [1.82, 2.24) is 0 Å². The van der Waals surface area contributed by atoms with Gasteiger partial charge in [0.1, 0.15) is 165 Å². The maximum Gasteiger partial charge on any atom is 0.314 e. The smallest absolute Gasteiger partial charge is 0.314 e. The molecule has 11 aliphatic rings. The molecule has 11 fully saturated rings. The monoisotopic (exact) mass is 1450 g/mol. The van der Waals surface area contributed by atoms with Crippen LogP contribution in [0.25, 0.3) is 0 Å². The number of hydrogen-bond acceptors (Lipinski definition) is 38. The summed E-state index contributed by atoms with van der Waals surface area (Å²) >= 11 is 0. The first kappa shape index (κ1) is 78.8. The summed E-state index contributed by atoms with van der Waals surface area (Å²) in [6, 6.07) is 0. The minimum absolute atomic E-state index is 0.195. The molecular weight excluding hydrogens is 1350 g/mol. The molecule has 0 amide bonds. The van der Waals surface area contributed by atoms with Crippen molar-refractivity contribution in [3.63, 3.8) is 0 Å². The molecular formula is C62H100O38. The van der Waals surface area contributed by atoms with Gasteiger partial charge in [0.25, 0.3) is 0 Å². The molecule has 0 aromatic heterocycles. The zero-order valence-electron chi connectivity index (χ0n) is 54.8. The highest BCUT2D eigenvalue weighted by Crippen LogP contribution is 2.74. The molecule has 0 aromatic rings. The first-order valence-corrected chi connectivity index (χ1v) is 33.9. The molecule has 4 saturated carbocycles. The Hall–Kier alpha value is -2.23. The molecule has 38 heteroatoms. The molecule has 23 N–H and O–H groups in total. The number of aliphatic hydroxyl groups excluding tert-OH is 23. The lowest BCUT2D eigenvalue weighted by Crippen LogP contribution is -2.68. The van der Waals surface area contributed by atoms with Gasteiger partial charge in [-0.05, 0) is 86.5 Å². The number of carbonyl (C=O) groups excluding carboxylic acids is 1. The molecule has 7 aliphatic heterocycles.